The molecule has 1 aliphatic rings. The van der Waals surface area contributed by atoms with E-state index in [-0.39, 0.29) is 18.4 Å². The molecule has 1 heterocycles. The van der Waals surface area contributed by atoms with E-state index in [1.165, 1.54) is 13.2 Å². The quantitative estimate of drug-likeness (QED) is 0.633. The molecule has 0 bridgehead atoms. The second-order valence-electron chi connectivity index (χ2n) is 4.93. The average Bonchev–Trinajstić information content (AvgIpc) is 2.52. The zero-order valence-electron chi connectivity index (χ0n) is 12.0. The van der Waals surface area contributed by atoms with Crippen LogP contribution in [0.2, 0.25) is 0 Å². The van der Waals surface area contributed by atoms with Crippen LogP contribution in [0.4, 0.5) is 11.4 Å². The molecule has 1 aliphatic heterocycles. The number of rotatable bonds is 6. The summed E-state index contributed by atoms with van der Waals surface area (Å²) in [4.78, 5) is 12.6. The third kappa shape index (κ3) is 4.05. The number of nitrogens with zero attached hydrogens (tertiary/aromatic N) is 2. The van der Waals surface area contributed by atoms with Crippen molar-refractivity contribution in [1.29, 1.82) is 0 Å². The highest BCUT2D eigenvalue weighted by Crippen LogP contribution is 2.30. The highest BCUT2D eigenvalue weighted by Gasteiger charge is 2.22. The van der Waals surface area contributed by atoms with E-state index >= 15 is 0 Å². The van der Waals surface area contributed by atoms with Gasteiger partial charge in [0.05, 0.1) is 37.4 Å². The number of methoxy groups -OCH3 is 1. The fourth-order valence-corrected chi connectivity index (χ4v) is 2.47. The maximum Gasteiger partial charge on any atom is 0.275 e. The van der Waals surface area contributed by atoms with Gasteiger partial charge in [-0.1, -0.05) is 0 Å². The Bertz CT molecular complexity index is 486. The summed E-state index contributed by atoms with van der Waals surface area (Å²) in [6.07, 6.45) is 1.82. The smallest absolute Gasteiger partial charge is 0.275 e. The van der Waals surface area contributed by atoms with Crippen LogP contribution in [0.1, 0.15) is 12.8 Å². The molecular weight excluding hydrogens is 276 g/mol. The number of nitro groups is 1. The number of hydrogen-bond acceptors (Lipinski definition) is 6. The topological polar surface area (TPSA) is 85.1 Å². The molecule has 7 heteroatoms. The van der Waals surface area contributed by atoms with Crippen LogP contribution in [-0.2, 0) is 4.74 Å². The van der Waals surface area contributed by atoms with Crippen molar-refractivity contribution in [2.45, 2.75) is 18.9 Å². The van der Waals surface area contributed by atoms with E-state index in [9.17, 15) is 10.1 Å². The number of aliphatic hydroxyl groups excluding tert-OH is 1. The van der Waals surface area contributed by atoms with Crippen molar-refractivity contribution in [1.82, 2.24) is 0 Å². The number of anilines is 1. The second kappa shape index (κ2) is 7.24. The lowest BCUT2D eigenvalue weighted by Gasteiger charge is -2.33. The van der Waals surface area contributed by atoms with Gasteiger partial charge in [-0.25, -0.2) is 0 Å². The summed E-state index contributed by atoms with van der Waals surface area (Å²) in [5.74, 6) is 0.484. The molecule has 21 heavy (non-hydrogen) atoms. The Morgan fingerprint density at radius 3 is 2.67 bits per heavy atom. The molecule has 0 saturated carbocycles. The van der Waals surface area contributed by atoms with Gasteiger partial charge in [0.2, 0.25) is 0 Å². The highest BCUT2D eigenvalue weighted by atomic mass is 16.6. The largest absolute Gasteiger partial charge is 0.496 e. The lowest BCUT2D eigenvalue weighted by molar-refractivity contribution is -0.384. The van der Waals surface area contributed by atoms with E-state index in [4.69, 9.17) is 14.6 Å². The van der Waals surface area contributed by atoms with E-state index < -0.39 is 4.92 Å². The van der Waals surface area contributed by atoms with Crippen molar-refractivity contribution >= 4 is 11.4 Å². The minimum Gasteiger partial charge on any atom is -0.496 e. The van der Waals surface area contributed by atoms with Crippen molar-refractivity contribution in [3.8, 4) is 5.75 Å². The lowest BCUT2D eigenvalue weighted by atomic mass is 10.1. The summed E-state index contributed by atoms with van der Waals surface area (Å²) in [6.45, 7) is 1.92. The molecule has 0 aromatic heterocycles. The van der Waals surface area contributed by atoms with Crippen LogP contribution < -0.4 is 9.64 Å². The molecule has 0 unspecified atom stereocenters. The molecule has 0 atom stereocenters. The summed E-state index contributed by atoms with van der Waals surface area (Å²) in [7, 11) is 1.50. The number of benzene rings is 1. The SMILES string of the molecule is COc1cc(N2CCC(OCCO)CC2)cc([N+](=O)[O-])c1. The first-order valence-corrected chi connectivity index (χ1v) is 6.95. The van der Waals surface area contributed by atoms with Crippen LogP contribution in [0.25, 0.3) is 0 Å². The summed E-state index contributed by atoms with van der Waals surface area (Å²) < 4.78 is 10.6. The van der Waals surface area contributed by atoms with Crippen LogP contribution in [0.5, 0.6) is 5.75 Å². The number of ether oxygens (including phenoxy) is 2. The van der Waals surface area contributed by atoms with E-state index in [1.54, 1.807) is 6.07 Å². The van der Waals surface area contributed by atoms with Crippen LogP contribution >= 0.6 is 0 Å². The Labute approximate surface area is 123 Å². The van der Waals surface area contributed by atoms with Crippen molar-refractivity contribution < 1.29 is 19.5 Å². The molecule has 0 radical (unpaired) electrons. The normalized spacial score (nSPS) is 16.0. The molecule has 7 nitrogen and oxygen atoms in total. The van der Waals surface area contributed by atoms with Gasteiger partial charge in [0.1, 0.15) is 5.75 Å². The molecule has 1 aromatic rings. The van der Waals surface area contributed by atoms with Crippen LogP contribution in [0, 0.1) is 10.1 Å². The molecule has 1 N–H and O–H groups in total. The third-order valence-electron chi connectivity index (χ3n) is 3.57. The Balaban J connectivity index is 2.05. The van der Waals surface area contributed by atoms with Crippen molar-refractivity contribution in [3.63, 3.8) is 0 Å². The second-order valence-corrected chi connectivity index (χ2v) is 4.93. The molecule has 0 aliphatic carbocycles. The lowest BCUT2D eigenvalue weighted by Crippen LogP contribution is -2.37. The van der Waals surface area contributed by atoms with Gasteiger partial charge in [-0.15, -0.1) is 0 Å². The van der Waals surface area contributed by atoms with Crippen LogP contribution in [-0.4, -0.2) is 49.5 Å². The number of nitro benzene ring substituents is 1. The van der Waals surface area contributed by atoms with Crippen molar-refractivity contribution in [2.75, 3.05) is 38.3 Å². The standard InChI is InChI=1S/C14H20N2O5/c1-20-14-9-11(8-12(10-14)16(18)19)15-4-2-13(3-5-15)21-7-6-17/h8-10,13,17H,2-7H2,1H3. The van der Waals surface area contributed by atoms with Gasteiger partial charge in [0, 0.05) is 30.9 Å². The molecular formula is C14H20N2O5. The minimum absolute atomic E-state index is 0.0301. The molecule has 2 rings (SSSR count). The number of hydrogen-bond donors (Lipinski definition) is 1. The number of aliphatic hydroxyl groups is 1. The maximum absolute atomic E-state index is 11.0. The first kappa shape index (κ1) is 15.5. The van der Waals surface area contributed by atoms with E-state index in [2.05, 4.69) is 4.90 Å². The number of piperidine rings is 1. The first-order chi connectivity index (χ1) is 10.1. The fraction of sp³-hybridized carbons (Fsp3) is 0.571. The van der Waals surface area contributed by atoms with E-state index in [0.717, 1.165) is 31.6 Å². The zero-order chi connectivity index (χ0) is 15.2. The molecule has 0 spiro atoms. The van der Waals surface area contributed by atoms with Gasteiger partial charge in [-0.2, -0.15) is 0 Å². The Kier molecular flexibility index (Phi) is 5.35. The van der Waals surface area contributed by atoms with Gasteiger partial charge >= 0.3 is 0 Å². The molecule has 1 fully saturated rings. The van der Waals surface area contributed by atoms with Gasteiger partial charge in [0.15, 0.2) is 0 Å². The van der Waals surface area contributed by atoms with Crippen molar-refractivity contribution in [2.24, 2.45) is 0 Å². The zero-order valence-corrected chi connectivity index (χ0v) is 12.0. The van der Waals surface area contributed by atoms with Gasteiger partial charge in [-0.05, 0) is 12.8 Å². The molecule has 1 saturated heterocycles. The Morgan fingerprint density at radius 2 is 2.10 bits per heavy atom. The minimum atomic E-state index is -0.414. The number of non-ortho nitro benzene ring substituents is 1. The summed E-state index contributed by atoms with van der Waals surface area (Å²) >= 11 is 0. The maximum atomic E-state index is 11.0. The van der Waals surface area contributed by atoms with Gasteiger partial charge < -0.3 is 19.5 Å². The summed E-state index contributed by atoms with van der Waals surface area (Å²) in [5, 5.41) is 19.7. The van der Waals surface area contributed by atoms with Gasteiger partial charge in [-0.3, -0.25) is 10.1 Å². The Morgan fingerprint density at radius 1 is 1.38 bits per heavy atom. The molecule has 116 valence electrons. The summed E-state index contributed by atoms with van der Waals surface area (Å²) in [5.41, 5.74) is 0.824. The van der Waals surface area contributed by atoms with Crippen molar-refractivity contribution in [3.05, 3.63) is 28.3 Å². The highest BCUT2D eigenvalue weighted by molar-refractivity contribution is 5.58. The molecule has 1 aromatic carbocycles. The van der Waals surface area contributed by atoms with Gasteiger partial charge in [0.25, 0.3) is 5.69 Å². The monoisotopic (exact) mass is 296 g/mol. The van der Waals surface area contributed by atoms with E-state index in [0.29, 0.717) is 12.4 Å². The average molecular weight is 296 g/mol. The third-order valence-corrected chi connectivity index (χ3v) is 3.57. The fourth-order valence-electron chi connectivity index (χ4n) is 2.47. The van der Waals surface area contributed by atoms with Crippen LogP contribution in [0.15, 0.2) is 18.2 Å². The molecule has 0 amide bonds. The predicted molar refractivity (Wildman–Crippen MR) is 77.9 cm³/mol. The van der Waals surface area contributed by atoms with Crippen LogP contribution in [0.3, 0.4) is 0 Å². The summed E-state index contributed by atoms with van der Waals surface area (Å²) in [6, 6.07) is 4.79. The van der Waals surface area contributed by atoms with E-state index in [1.807, 2.05) is 6.07 Å². The first-order valence-electron chi connectivity index (χ1n) is 6.95. The predicted octanol–water partition coefficient (Wildman–Crippen LogP) is 1.58. The Hall–Kier alpha value is -1.86.